The minimum Gasteiger partial charge on any atom is -0.309 e. The van der Waals surface area contributed by atoms with Crippen molar-refractivity contribution < 1.29 is 0 Å². The third-order valence-corrected chi connectivity index (χ3v) is 12.7. The van der Waals surface area contributed by atoms with Crippen LogP contribution in [0.2, 0.25) is 0 Å². The zero-order valence-corrected chi connectivity index (χ0v) is 32.2. The van der Waals surface area contributed by atoms with Gasteiger partial charge in [0.05, 0.1) is 22.1 Å². The maximum absolute atomic E-state index is 4.76. The van der Waals surface area contributed by atoms with Crippen LogP contribution in [0.3, 0.4) is 0 Å². The Hall–Kier alpha value is -7.36. The van der Waals surface area contributed by atoms with Gasteiger partial charge in [0, 0.05) is 45.0 Å². The third kappa shape index (κ3) is 4.80. The summed E-state index contributed by atoms with van der Waals surface area (Å²) < 4.78 is 2.39. The summed E-state index contributed by atoms with van der Waals surface area (Å²) in [4.78, 5) is 9.48. The molecule has 9 aromatic carbocycles. The topological polar surface area (TPSA) is 30.7 Å². The molecule has 1 aliphatic carbocycles. The summed E-state index contributed by atoms with van der Waals surface area (Å²) in [6, 6.07) is 64.8. The fraction of sp³-hybridized carbons (Fsp3) is 0.0545. The average molecular weight is 740 g/mol. The predicted octanol–water partition coefficient (Wildman–Crippen LogP) is 14.3. The van der Waals surface area contributed by atoms with E-state index in [1.165, 1.54) is 93.9 Å². The molecule has 0 amide bonds. The lowest BCUT2D eigenvalue weighted by molar-refractivity contribution is 0.661. The van der Waals surface area contributed by atoms with E-state index in [4.69, 9.17) is 9.97 Å². The van der Waals surface area contributed by atoms with Crippen LogP contribution >= 0.6 is 0 Å². The molecule has 2 heterocycles. The van der Waals surface area contributed by atoms with E-state index < -0.39 is 0 Å². The van der Waals surface area contributed by atoms with E-state index in [1.807, 2.05) is 0 Å². The van der Waals surface area contributed by atoms with Crippen LogP contribution in [0.5, 0.6) is 0 Å². The number of hydrogen-bond acceptors (Lipinski definition) is 2. The molecule has 0 saturated heterocycles. The van der Waals surface area contributed by atoms with Gasteiger partial charge in [0.25, 0.3) is 0 Å². The average Bonchev–Trinajstić information content (AvgIpc) is 3.73. The van der Waals surface area contributed by atoms with Gasteiger partial charge in [0.1, 0.15) is 0 Å². The number of nitrogens with zero attached hydrogens (tertiary/aromatic N) is 3. The Labute approximate surface area is 336 Å². The molecule has 0 fully saturated rings. The molecule has 3 nitrogen and oxygen atoms in total. The SMILES string of the molecule is CC1(C)c2cc(-c3ccc(-c4ccc5c6ccccc6n(-c6ccccc6)c5c4)cc3)ccc2-c2ccc(-c3ccc4c(c3)c3ccccc3c3nccnc43)cc21. The number of benzene rings is 9. The Morgan fingerprint density at radius 2 is 0.828 bits per heavy atom. The van der Waals surface area contributed by atoms with Crippen LogP contribution < -0.4 is 0 Å². The molecule has 0 radical (unpaired) electrons. The second-order valence-corrected chi connectivity index (χ2v) is 16.2. The van der Waals surface area contributed by atoms with Gasteiger partial charge in [-0.05, 0) is 109 Å². The number of para-hydroxylation sites is 2. The lowest BCUT2D eigenvalue weighted by Crippen LogP contribution is -2.15. The van der Waals surface area contributed by atoms with E-state index in [0.29, 0.717) is 0 Å². The molecule has 11 aromatic rings. The largest absolute Gasteiger partial charge is 0.309 e. The molecular weight excluding hydrogens is 703 g/mol. The summed E-state index contributed by atoms with van der Waals surface area (Å²) in [5.41, 5.74) is 18.0. The maximum Gasteiger partial charge on any atom is 0.0971 e. The van der Waals surface area contributed by atoms with Crippen LogP contribution in [-0.2, 0) is 5.41 Å². The minimum absolute atomic E-state index is 0.154. The Balaban J connectivity index is 0.887. The highest BCUT2D eigenvalue weighted by Crippen LogP contribution is 2.51. The first-order chi connectivity index (χ1) is 28.5. The second kappa shape index (κ2) is 12.3. The van der Waals surface area contributed by atoms with Crippen LogP contribution in [0.25, 0.3) is 105 Å². The molecule has 2 aromatic heterocycles. The summed E-state index contributed by atoms with van der Waals surface area (Å²) in [7, 11) is 0. The van der Waals surface area contributed by atoms with Gasteiger partial charge < -0.3 is 4.57 Å². The molecule has 12 rings (SSSR count). The fourth-order valence-corrected chi connectivity index (χ4v) is 9.77. The zero-order chi connectivity index (χ0) is 38.5. The first kappa shape index (κ1) is 32.8. The molecule has 0 spiro atoms. The predicted molar refractivity (Wildman–Crippen MR) is 243 cm³/mol. The molecule has 58 heavy (non-hydrogen) atoms. The van der Waals surface area contributed by atoms with Crippen LogP contribution in [0.15, 0.2) is 188 Å². The minimum atomic E-state index is -0.154. The first-order valence-electron chi connectivity index (χ1n) is 20.1. The van der Waals surface area contributed by atoms with Crippen LogP contribution in [0, 0.1) is 0 Å². The Bertz CT molecular complexity index is 3430. The van der Waals surface area contributed by atoms with Crippen molar-refractivity contribution >= 4 is 54.4 Å². The summed E-state index contributed by atoms with van der Waals surface area (Å²) in [6.07, 6.45) is 3.58. The van der Waals surface area contributed by atoms with Crippen molar-refractivity contribution in [3.05, 3.63) is 199 Å². The molecule has 0 bridgehead atoms. The number of hydrogen-bond donors (Lipinski definition) is 0. The van der Waals surface area contributed by atoms with Crippen LogP contribution in [0.4, 0.5) is 0 Å². The van der Waals surface area contributed by atoms with E-state index >= 15 is 0 Å². The maximum atomic E-state index is 4.76. The van der Waals surface area contributed by atoms with E-state index in [0.717, 1.165) is 21.8 Å². The highest BCUT2D eigenvalue weighted by molar-refractivity contribution is 6.23. The molecule has 272 valence electrons. The Kier molecular flexibility index (Phi) is 6.98. The molecule has 0 saturated carbocycles. The highest BCUT2D eigenvalue weighted by atomic mass is 15.0. The van der Waals surface area contributed by atoms with E-state index in [1.54, 1.807) is 12.4 Å². The summed E-state index contributed by atoms with van der Waals surface area (Å²) in [5, 5.41) is 7.21. The highest BCUT2D eigenvalue weighted by Gasteiger charge is 2.36. The van der Waals surface area contributed by atoms with Crippen molar-refractivity contribution in [3.63, 3.8) is 0 Å². The van der Waals surface area contributed by atoms with Crippen molar-refractivity contribution in [1.29, 1.82) is 0 Å². The van der Waals surface area contributed by atoms with E-state index in [9.17, 15) is 0 Å². The molecule has 3 heteroatoms. The molecular formula is C55H37N3. The van der Waals surface area contributed by atoms with Crippen molar-refractivity contribution in [1.82, 2.24) is 14.5 Å². The fourth-order valence-electron chi connectivity index (χ4n) is 9.77. The number of fused-ring (bicyclic) bond motifs is 12. The zero-order valence-electron chi connectivity index (χ0n) is 32.2. The van der Waals surface area contributed by atoms with E-state index in [-0.39, 0.29) is 5.41 Å². The normalized spacial score (nSPS) is 13.1. The third-order valence-electron chi connectivity index (χ3n) is 12.7. The van der Waals surface area contributed by atoms with Gasteiger partial charge in [0.15, 0.2) is 0 Å². The molecule has 1 aliphatic rings. The van der Waals surface area contributed by atoms with Gasteiger partial charge >= 0.3 is 0 Å². The van der Waals surface area contributed by atoms with Gasteiger partial charge in [-0.2, -0.15) is 0 Å². The first-order valence-corrected chi connectivity index (χ1v) is 20.1. The van der Waals surface area contributed by atoms with Crippen molar-refractivity contribution in [2.24, 2.45) is 0 Å². The standard InChI is InChI=1S/C55H37N3/c1-55(2)49-31-37(34-16-18-35(19-17-34)39-22-26-45-44-13-8-9-15-51(44)58(52(45)33-39)40-10-4-3-5-11-40)20-24-42(49)43-25-21-38(32-50(43)55)36-23-27-47-48(30-36)41-12-6-7-14-46(41)53-54(47)57-29-28-56-53/h3-33H,1-2H3. The van der Waals surface area contributed by atoms with Crippen molar-refractivity contribution in [3.8, 4) is 50.2 Å². The Morgan fingerprint density at radius 1 is 0.362 bits per heavy atom. The van der Waals surface area contributed by atoms with Gasteiger partial charge in [-0.1, -0.05) is 147 Å². The smallest absolute Gasteiger partial charge is 0.0971 e. The molecule has 0 N–H and O–H groups in total. The van der Waals surface area contributed by atoms with Crippen LogP contribution in [0.1, 0.15) is 25.0 Å². The monoisotopic (exact) mass is 739 g/mol. The lowest BCUT2D eigenvalue weighted by Gasteiger charge is -2.23. The Morgan fingerprint density at radius 3 is 1.50 bits per heavy atom. The van der Waals surface area contributed by atoms with Gasteiger partial charge in [0.2, 0.25) is 0 Å². The van der Waals surface area contributed by atoms with Gasteiger partial charge in [-0.15, -0.1) is 0 Å². The number of rotatable bonds is 4. The number of aromatic nitrogens is 3. The van der Waals surface area contributed by atoms with Crippen molar-refractivity contribution in [2.45, 2.75) is 19.3 Å². The summed E-state index contributed by atoms with van der Waals surface area (Å²) in [5.74, 6) is 0. The lowest BCUT2D eigenvalue weighted by atomic mass is 9.80. The van der Waals surface area contributed by atoms with E-state index in [2.05, 4.69) is 194 Å². The molecule has 0 aliphatic heterocycles. The quantitative estimate of drug-likeness (QED) is 0.168. The van der Waals surface area contributed by atoms with Crippen molar-refractivity contribution in [2.75, 3.05) is 0 Å². The van der Waals surface area contributed by atoms with Crippen LogP contribution in [-0.4, -0.2) is 14.5 Å². The summed E-state index contributed by atoms with van der Waals surface area (Å²) >= 11 is 0. The second-order valence-electron chi connectivity index (χ2n) is 16.2. The van der Waals surface area contributed by atoms with Gasteiger partial charge in [-0.3, -0.25) is 9.97 Å². The van der Waals surface area contributed by atoms with Gasteiger partial charge in [-0.25, -0.2) is 0 Å². The molecule has 0 atom stereocenters. The molecule has 0 unspecified atom stereocenters. The summed E-state index contributed by atoms with van der Waals surface area (Å²) in [6.45, 7) is 4.75.